The van der Waals surface area contributed by atoms with Crippen LogP contribution in [0.2, 0.25) is 0 Å². The van der Waals surface area contributed by atoms with Crippen molar-refractivity contribution in [3.05, 3.63) is 54.5 Å². The molecule has 2 aliphatic rings. The van der Waals surface area contributed by atoms with Gasteiger partial charge in [0.2, 0.25) is 5.88 Å². The normalized spacial score (nSPS) is 25.4. The highest BCUT2D eigenvalue weighted by Gasteiger charge is 2.48. The first-order valence-corrected chi connectivity index (χ1v) is 9.13. The number of aromatic nitrogens is 2. The predicted octanol–water partition coefficient (Wildman–Crippen LogP) is 2.57. The summed E-state index contributed by atoms with van der Waals surface area (Å²) in [6, 6.07) is 11.1. The highest BCUT2D eigenvalue weighted by Crippen LogP contribution is 2.40. The molecule has 2 atom stereocenters. The minimum atomic E-state index is -0.196. The number of amides is 1. The molecule has 0 aromatic carbocycles. The average molecular weight is 353 g/mol. The standard InChI is InChI=1S/C20H23N3O3/c24-19(16-6-1-3-10-21-16)23-12-8-17-20(14-23,9-5-13-25-17)15-26-18-7-2-4-11-22-18/h1-4,6-7,10-11,17H,5,8-9,12-15H2/t17-,20-/m0/s1. The van der Waals surface area contributed by atoms with Crippen LogP contribution in [0.5, 0.6) is 5.88 Å². The molecule has 2 aliphatic heterocycles. The second-order valence-electron chi connectivity index (χ2n) is 7.01. The smallest absolute Gasteiger partial charge is 0.272 e. The molecule has 0 radical (unpaired) electrons. The van der Waals surface area contributed by atoms with Gasteiger partial charge in [-0.1, -0.05) is 12.1 Å². The number of rotatable bonds is 4. The molecule has 2 aromatic heterocycles. The van der Waals surface area contributed by atoms with E-state index in [1.165, 1.54) is 0 Å². The molecule has 6 heteroatoms. The van der Waals surface area contributed by atoms with Crippen molar-refractivity contribution in [1.29, 1.82) is 0 Å². The molecule has 0 bridgehead atoms. The van der Waals surface area contributed by atoms with Crippen LogP contribution in [0.4, 0.5) is 0 Å². The van der Waals surface area contributed by atoms with Gasteiger partial charge < -0.3 is 14.4 Å². The summed E-state index contributed by atoms with van der Waals surface area (Å²) in [7, 11) is 0. The lowest BCUT2D eigenvalue weighted by Crippen LogP contribution is -2.58. The van der Waals surface area contributed by atoms with E-state index < -0.39 is 0 Å². The van der Waals surface area contributed by atoms with E-state index in [-0.39, 0.29) is 17.4 Å². The first-order chi connectivity index (χ1) is 12.8. The molecule has 0 spiro atoms. The van der Waals surface area contributed by atoms with Gasteiger partial charge in [0.1, 0.15) is 5.69 Å². The Hall–Kier alpha value is -2.47. The van der Waals surface area contributed by atoms with Gasteiger partial charge in [-0.3, -0.25) is 9.78 Å². The summed E-state index contributed by atoms with van der Waals surface area (Å²) in [4.78, 5) is 23.2. The molecule has 136 valence electrons. The first-order valence-electron chi connectivity index (χ1n) is 9.13. The number of likely N-dealkylation sites (tertiary alicyclic amines) is 1. The Morgan fingerprint density at radius 1 is 1.23 bits per heavy atom. The Labute approximate surface area is 153 Å². The number of hydrogen-bond acceptors (Lipinski definition) is 5. The van der Waals surface area contributed by atoms with E-state index in [1.54, 1.807) is 18.5 Å². The van der Waals surface area contributed by atoms with E-state index in [0.717, 1.165) is 25.9 Å². The molecule has 2 fully saturated rings. The summed E-state index contributed by atoms with van der Waals surface area (Å²) in [5.74, 6) is 0.589. The third-order valence-electron chi connectivity index (χ3n) is 5.30. The molecule has 26 heavy (non-hydrogen) atoms. The van der Waals surface area contributed by atoms with E-state index in [1.807, 2.05) is 35.2 Å². The molecule has 2 aromatic rings. The van der Waals surface area contributed by atoms with E-state index in [4.69, 9.17) is 9.47 Å². The number of fused-ring (bicyclic) bond motifs is 1. The SMILES string of the molecule is O=C(c1ccccn1)N1CC[C@@H]2OCCC[C@@]2(COc2ccccn2)C1. The fourth-order valence-electron chi connectivity index (χ4n) is 3.98. The summed E-state index contributed by atoms with van der Waals surface area (Å²) in [6.45, 7) is 2.59. The molecular formula is C20H23N3O3. The zero-order valence-electron chi connectivity index (χ0n) is 14.7. The van der Waals surface area contributed by atoms with E-state index >= 15 is 0 Å². The molecule has 0 unspecified atom stereocenters. The van der Waals surface area contributed by atoms with Crippen molar-refractivity contribution in [3.63, 3.8) is 0 Å². The molecule has 4 rings (SSSR count). The van der Waals surface area contributed by atoms with Crippen LogP contribution in [0.15, 0.2) is 48.8 Å². The molecule has 4 heterocycles. The van der Waals surface area contributed by atoms with Crippen LogP contribution in [-0.4, -0.2) is 53.2 Å². The van der Waals surface area contributed by atoms with Gasteiger partial charge in [0, 0.05) is 43.6 Å². The Balaban J connectivity index is 1.52. The molecule has 0 aliphatic carbocycles. The third kappa shape index (κ3) is 3.42. The van der Waals surface area contributed by atoms with Crippen molar-refractivity contribution in [1.82, 2.24) is 14.9 Å². The van der Waals surface area contributed by atoms with Gasteiger partial charge in [-0.25, -0.2) is 4.98 Å². The van der Waals surface area contributed by atoms with Gasteiger partial charge in [0.15, 0.2) is 0 Å². The average Bonchev–Trinajstić information content (AvgIpc) is 2.73. The van der Waals surface area contributed by atoms with Crippen molar-refractivity contribution in [2.24, 2.45) is 5.41 Å². The second kappa shape index (κ2) is 7.41. The van der Waals surface area contributed by atoms with E-state index in [9.17, 15) is 4.79 Å². The lowest BCUT2D eigenvalue weighted by atomic mass is 9.73. The monoisotopic (exact) mass is 353 g/mol. The zero-order chi connectivity index (χ0) is 17.8. The Morgan fingerprint density at radius 3 is 2.85 bits per heavy atom. The predicted molar refractivity (Wildman–Crippen MR) is 95.9 cm³/mol. The maximum absolute atomic E-state index is 12.9. The van der Waals surface area contributed by atoms with Crippen LogP contribution in [0.25, 0.3) is 0 Å². The first kappa shape index (κ1) is 17.0. The Kier molecular flexibility index (Phi) is 4.84. The van der Waals surface area contributed by atoms with Crippen molar-refractivity contribution in [3.8, 4) is 5.88 Å². The lowest BCUT2D eigenvalue weighted by molar-refractivity contribution is -0.133. The zero-order valence-corrected chi connectivity index (χ0v) is 14.7. The summed E-state index contributed by atoms with van der Waals surface area (Å²) in [6.07, 6.45) is 6.28. The number of carbonyl (C=O) groups excluding carboxylic acids is 1. The highest BCUT2D eigenvalue weighted by atomic mass is 16.5. The van der Waals surface area contributed by atoms with Crippen LogP contribution in [0, 0.1) is 5.41 Å². The Morgan fingerprint density at radius 2 is 2.08 bits per heavy atom. The highest BCUT2D eigenvalue weighted by molar-refractivity contribution is 5.92. The summed E-state index contributed by atoms with van der Waals surface area (Å²) in [5.41, 5.74) is 0.293. The fourth-order valence-corrected chi connectivity index (χ4v) is 3.98. The second-order valence-corrected chi connectivity index (χ2v) is 7.01. The largest absolute Gasteiger partial charge is 0.477 e. The number of ether oxygens (including phenoxy) is 2. The topological polar surface area (TPSA) is 64.6 Å². The summed E-state index contributed by atoms with van der Waals surface area (Å²) >= 11 is 0. The fraction of sp³-hybridized carbons (Fsp3) is 0.450. The van der Waals surface area contributed by atoms with Crippen molar-refractivity contribution in [2.45, 2.75) is 25.4 Å². The van der Waals surface area contributed by atoms with Gasteiger partial charge in [-0.15, -0.1) is 0 Å². The van der Waals surface area contributed by atoms with E-state index in [2.05, 4.69) is 9.97 Å². The lowest BCUT2D eigenvalue weighted by Gasteiger charge is -2.49. The number of pyridine rings is 2. The minimum absolute atomic E-state index is 0.0214. The Bertz CT molecular complexity index is 740. The van der Waals surface area contributed by atoms with Crippen LogP contribution in [0.1, 0.15) is 29.8 Å². The number of carbonyl (C=O) groups is 1. The van der Waals surface area contributed by atoms with Crippen LogP contribution >= 0.6 is 0 Å². The maximum atomic E-state index is 12.9. The number of hydrogen-bond donors (Lipinski definition) is 0. The van der Waals surface area contributed by atoms with Gasteiger partial charge in [0.05, 0.1) is 12.7 Å². The van der Waals surface area contributed by atoms with Crippen molar-refractivity contribution >= 4 is 5.91 Å². The van der Waals surface area contributed by atoms with Gasteiger partial charge in [-0.05, 0) is 37.5 Å². The molecule has 0 saturated carbocycles. The molecular weight excluding hydrogens is 330 g/mol. The van der Waals surface area contributed by atoms with Gasteiger partial charge >= 0.3 is 0 Å². The summed E-state index contributed by atoms with van der Waals surface area (Å²) < 4.78 is 12.0. The maximum Gasteiger partial charge on any atom is 0.272 e. The molecule has 2 saturated heterocycles. The third-order valence-corrected chi connectivity index (χ3v) is 5.30. The van der Waals surface area contributed by atoms with E-state index in [0.29, 0.717) is 31.3 Å². The van der Waals surface area contributed by atoms with Crippen LogP contribution in [0.3, 0.4) is 0 Å². The molecule has 1 amide bonds. The van der Waals surface area contributed by atoms with Gasteiger partial charge in [0.25, 0.3) is 5.91 Å². The van der Waals surface area contributed by atoms with Crippen LogP contribution < -0.4 is 4.74 Å². The number of nitrogens with zero attached hydrogens (tertiary/aromatic N) is 3. The molecule has 6 nitrogen and oxygen atoms in total. The van der Waals surface area contributed by atoms with Gasteiger partial charge in [-0.2, -0.15) is 0 Å². The quantitative estimate of drug-likeness (QED) is 0.845. The minimum Gasteiger partial charge on any atom is -0.477 e. The molecule has 0 N–H and O–H groups in total. The van der Waals surface area contributed by atoms with Crippen molar-refractivity contribution in [2.75, 3.05) is 26.3 Å². The summed E-state index contributed by atoms with van der Waals surface area (Å²) in [5, 5.41) is 0. The number of piperidine rings is 1. The van der Waals surface area contributed by atoms with Crippen LogP contribution in [-0.2, 0) is 4.74 Å². The van der Waals surface area contributed by atoms with Crippen molar-refractivity contribution < 1.29 is 14.3 Å².